The van der Waals surface area contributed by atoms with E-state index in [0.29, 0.717) is 17.2 Å². The van der Waals surface area contributed by atoms with Gasteiger partial charge in [-0.1, -0.05) is 24.6 Å². The molecule has 1 amide bonds. The van der Waals surface area contributed by atoms with Crippen LogP contribution in [0.5, 0.6) is 5.75 Å². The van der Waals surface area contributed by atoms with E-state index in [1.807, 2.05) is 13.0 Å². The van der Waals surface area contributed by atoms with E-state index in [0.717, 1.165) is 5.56 Å². The van der Waals surface area contributed by atoms with Crippen molar-refractivity contribution in [1.29, 1.82) is 0 Å². The van der Waals surface area contributed by atoms with Crippen molar-refractivity contribution < 1.29 is 19.7 Å². The number of halogens is 1. The van der Waals surface area contributed by atoms with Gasteiger partial charge >= 0.3 is 0 Å². The molecule has 0 aliphatic rings. The summed E-state index contributed by atoms with van der Waals surface area (Å²) in [6.07, 6.45) is 0.414. The molecular formula is C14H20ClNO4. The zero-order chi connectivity index (χ0) is 15.2. The van der Waals surface area contributed by atoms with E-state index in [4.69, 9.17) is 16.3 Å². The van der Waals surface area contributed by atoms with Gasteiger partial charge in [0.15, 0.2) is 6.61 Å². The van der Waals surface area contributed by atoms with Crippen LogP contribution in [0.1, 0.15) is 18.9 Å². The standard InChI is InChI=1S/C14H20ClNO4/c1-3-14(8-17,9-18)16-13(19)7-20-12-6-10(2)4-5-11(12)15/h4-6,17-18H,3,7-9H2,1-2H3,(H,16,19). The fourth-order valence-corrected chi connectivity index (χ4v) is 1.81. The maximum atomic E-state index is 11.8. The maximum Gasteiger partial charge on any atom is 0.258 e. The molecule has 0 radical (unpaired) electrons. The SMILES string of the molecule is CCC(CO)(CO)NC(=O)COc1cc(C)ccc1Cl. The summed E-state index contributed by atoms with van der Waals surface area (Å²) >= 11 is 5.96. The lowest BCUT2D eigenvalue weighted by Gasteiger charge is -2.29. The molecule has 6 heteroatoms. The summed E-state index contributed by atoms with van der Waals surface area (Å²) in [6.45, 7) is 2.76. The quantitative estimate of drug-likeness (QED) is 0.709. The minimum Gasteiger partial charge on any atom is -0.482 e. The van der Waals surface area contributed by atoms with Gasteiger partial charge in [0.25, 0.3) is 5.91 Å². The van der Waals surface area contributed by atoms with Crippen LogP contribution in [-0.2, 0) is 4.79 Å². The molecule has 0 spiro atoms. The highest BCUT2D eigenvalue weighted by molar-refractivity contribution is 6.32. The van der Waals surface area contributed by atoms with Crippen molar-refractivity contribution in [2.45, 2.75) is 25.8 Å². The van der Waals surface area contributed by atoms with Gasteiger partial charge in [0, 0.05) is 0 Å². The molecule has 0 unspecified atom stereocenters. The molecule has 0 aliphatic carbocycles. The van der Waals surface area contributed by atoms with E-state index in [9.17, 15) is 15.0 Å². The molecule has 112 valence electrons. The molecule has 0 aliphatic heterocycles. The number of rotatable bonds is 7. The molecule has 0 fully saturated rings. The third-order valence-corrected chi connectivity index (χ3v) is 3.44. The summed E-state index contributed by atoms with van der Waals surface area (Å²) in [5.41, 5.74) is -0.0463. The first-order valence-corrected chi connectivity index (χ1v) is 6.76. The molecule has 20 heavy (non-hydrogen) atoms. The Balaban J connectivity index is 2.61. The molecule has 5 nitrogen and oxygen atoms in total. The van der Waals surface area contributed by atoms with Crippen LogP contribution in [0, 0.1) is 6.92 Å². The van der Waals surface area contributed by atoms with E-state index in [1.54, 1.807) is 19.1 Å². The first-order chi connectivity index (χ1) is 9.46. The van der Waals surface area contributed by atoms with Gasteiger partial charge in [-0.15, -0.1) is 0 Å². The highest BCUT2D eigenvalue weighted by atomic mass is 35.5. The lowest BCUT2D eigenvalue weighted by Crippen LogP contribution is -2.55. The summed E-state index contributed by atoms with van der Waals surface area (Å²) in [7, 11) is 0. The number of nitrogens with one attached hydrogen (secondary N) is 1. The second kappa shape index (κ2) is 7.47. The number of aliphatic hydroxyl groups is 2. The van der Waals surface area contributed by atoms with Crippen molar-refractivity contribution in [2.24, 2.45) is 0 Å². The van der Waals surface area contributed by atoms with Crippen molar-refractivity contribution in [3.63, 3.8) is 0 Å². The van der Waals surface area contributed by atoms with Gasteiger partial charge in [0.1, 0.15) is 5.75 Å². The largest absolute Gasteiger partial charge is 0.482 e. The van der Waals surface area contributed by atoms with Crippen LogP contribution in [0.25, 0.3) is 0 Å². The van der Waals surface area contributed by atoms with Crippen LogP contribution in [0.15, 0.2) is 18.2 Å². The van der Waals surface area contributed by atoms with Gasteiger partial charge in [-0.3, -0.25) is 4.79 Å². The number of aliphatic hydroxyl groups excluding tert-OH is 2. The molecule has 0 bridgehead atoms. The number of amides is 1. The predicted molar refractivity (Wildman–Crippen MR) is 77.0 cm³/mol. The Morgan fingerprint density at radius 1 is 1.40 bits per heavy atom. The highest BCUT2D eigenvalue weighted by Gasteiger charge is 2.28. The monoisotopic (exact) mass is 301 g/mol. The molecule has 3 N–H and O–H groups in total. The first kappa shape index (κ1) is 16.8. The van der Waals surface area contributed by atoms with Crippen molar-refractivity contribution in [3.05, 3.63) is 28.8 Å². The second-order valence-electron chi connectivity index (χ2n) is 4.72. The molecule has 1 aromatic rings. The second-order valence-corrected chi connectivity index (χ2v) is 5.13. The number of carbonyl (C=O) groups is 1. The minimum atomic E-state index is -1.02. The summed E-state index contributed by atoms with van der Waals surface area (Å²) < 4.78 is 5.35. The molecule has 0 saturated carbocycles. The van der Waals surface area contributed by atoms with Crippen molar-refractivity contribution in [1.82, 2.24) is 5.32 Å². The van der Waals surface area contributed by atoms with Gasteiger partial charge < -0.3 is 20.3 Å². The molecule has 1 aromatic carbocycles. The van der Waals surface area contributed by atoms with E-state index < -0.39 is 11.4 Å². The molecule has 0 saturated heterocycles. The van der Waals surface area contributed by atoms with Crippen LogP contribution in [0.3, 0.4) is 0 Å². The topological polar surface area (TPSA) is 78.8 Å². The number of ether oxygens (including phenoxy) is 1. The van der Waals surface area contributed by atoms with E-state index >= 15 is 0 Å². The normalized spacial score (nSPS) is 11.2. The average molecular weight is 302 g/mol. The van der Waals surface area contributed by atoms with Crippen LogP contribution in [0.4, 0.5) is 0 Å². The summed E-state index contributed by atoms with van der Waals surface area (Å²) in [5.74, 6) is 0.00411. The van der Waals surface area contributed by atoms with Crippen LogP contribution in [0.2, 0.25) is 5.02 Å². The van der Waals surface area contributed by atoms with E-state index in [2.05, 4.69) is 5.32 Å². The fraction of sp³-hybridized carbons (Fsp3) is 0.500. The summed E-state index contributed by atoms with van der Waals surface area (Å²) in [5, 5.41) is 21.5. The van der Waals surface area contributed by atoms with Gasteiger partial charge in [-0.05, 0) is 31.0 Å². The van der Waals surface area contributed by atoms with Crippen molar-refractivity contribution >= 4 is 17.5 Å². The predicted octanol–water partition coefficient (Wildman–Crippen LogP) is 1.28. The number of hydrogen-bond donors (Lipinski definition) is 3. The number of benzene rings is 1. The van der Waals surface area contributed by atoms with Crippen molar-refractivity contribution in [3.8, 4) is 5.75 Å². The summed E-state index contributed by atoms with van der Waals surface area (Å²) in [4.78, 5) is 11.8. The highest BCUT2D eigenvalue weighted by Crippen LogP contribution is 2.25. The van der Waals surface area contributed by atoms with E-state index in [1.165, 1.54) is 0 Å². The third-order valence-electron chi connectivity index (χ3n) is 3.13. The van der Waals surface area contributed by atoms with Gasteiger partial charge in [-0.2, -0.15) is 0 Å². The number of aryl methyl sites for hydroxylation is 1. The summed E-state index contributed by atoms with van der Waals surface area (Å²) in [6, 6.07) is 5.28. The van der Waals surface area contributed by atoms with Gasteiger partial charge in [0.2, 0.25) is 0 Å². The molecule has 0 heterocycles. The number of hydrogen-bond acceptors (Lipinski definition) is 4. The molecule has 0 atom stereocenters. The third kappa shape index (κ3) is 4.37. The molecular weight excluding hydrogens is 282 g/mol. The average Bonchev–Trinajstić information content (AvgIpc) is 2.46. The Morgan fingerprint density at radius 2 is 2.05 bits per heavy atom. The maximum absolute atomic E-state index is 11.8. The molecule has 0 aromatic heterocycles. The van der Waals surface area contributed by atoms with Crippen LogP contribution in [-0.4, -0.2) is 41.5 Å². The Hall–Kier alpha value is -1.30. The van der Waals surface area contributed by atoms with E-state index in [-0.39, 0.29) is 19.8 Å². The lowest BCUT2D eigenvalue weighted by molar-refractivity contribution is -0.126. The Bertz CT molecular complexity index is 452. The Kier molecular flexibility index (Phi) is 6.26. The zero-order valence-corrected chi connectivity index (χ0v) is 12.4. The lowest BCUT2D eigenvalue weighted by atomic mass is 9.98. The molecule has 1 rings (SSSR count). The Labute approximate surface area is 123 Å². The fourth-order valence-electron chi connectivity index (χ4n) is 1.64. The van der Waals surface area contributed by atoms with Crippen LogP contribution < -0.4 is 10.1 Å². The zero-order valence-electron chi connectivity index (χ0n) is 11.6. The first-order valence-electron chi connectivity index (χ1n) is 6.38. The minimum absolute atomic E-state index is 0.231. The van der Waals surface area contributed by atoms with Crippen molar-refractivity contribution in [2.75, 3.05) is 19.8 Å². The van der Waals surface area contributed by atoms with Gasteiger partial charge in [-0.25, -0.2) is 0 Å². The number of carbonyl (C=O) groups excluding carboxylic acids is 1. The Morgan fingerprint density at radius 3 is 2.60 bits per heavy atom. The smallest absolute Gasteiger partial charge is 0.258 e. The van der Waals surface area contributed by atoms with Crippen LogP contribution >= 0.6 is 11.6 Å². The van der Waals surface area contributed by atoms with Gasteiger partial charge in [0.05, 0.1) is 23.8 Å².